The summed E-state index contributed by atoms with van der Waals surface area (Å²) in [5.41, 5.74) is 14.0. The van der Waals surface area contributed by atoms with Crippen LogP contribution < -0.4 is 11.5 Å². The van der Waals surface area contributed by atoms with E-state index in [4.69, 9.17) is 11.5 Å². The average Bonchev–Trinajstić information content (AvgIpc) is 2.19. The van der Waals surface area contributed by atoms with E-state index in [0.717, 1.165) is 31.4 Å². The Morgan fingerprint density at radius 1 is 1.00 bits per heavy atom. The molecule has 0 aliphatic rings. The van der Waals surface area contributed by atoms with E-state index in [1.54, 1.807) is 0 Å². The standard InChI is InChI=1S/C13H22N2/c1-3-9-13(15,10-4-2)11-5-7-12(14)8-6-11/h5-8H,3-4,9-10,14-15H2,1-2H3. The highest BCUT2D eigenvalue weighted by Gasteiger charge is 2.24. The van der Waals surface area contributed by atoms with Crippen LogP contribution in [0.4, 0.5) is 5.69 Å². The maximum Gasteiger partial charge on any atom is 0.0409 e. The lowest BCUT2D eigenvalue weighted by molar-refractivity contribution is 0.369. The summed E-state index contributed by atoms with van der Waals surface area (Å²) in [4.78, 5) is 0. The molecule has 4 N–H and O–H groups in total. The van der Waals surface area contributed by atoms with Crippen molar-refractivity contribution in [2.45, 2.75) is 45.1 Å². The largest absolute Gasteiger partial charge is 0.399 e. The monoisotopic (exact) mass is 206 g/mol. The minimum absolute atomic E-state index is 0.169. The highest BCUT2D eigenvalue weighted by atomic mass is 14.7. The van der Waals surface area contributed by atoms with Crippen LogP contribution in [-0.2, 0) is 5.54 Å². The van der Waals surface area contributed by atoms with Crippen molar-refractivity contribution in [3.05, 3.63) is 29.8 Å². The fraction of sp³-hybridized carbons (Fsp3) is 0.538. The number of rotatable bonds is 5. The summed E-state index contributed by atoms with van der Waals surface area (Å²) < 4.78 is 0. The Hall–Kier alpha value is -1.02. The molecule has 0 fully saturated rings. The number of benzene rings is 1. The molecule has 0 bridgehead atoms. The molecular weight excluding hydrogens is 184 g/mol. The zero-order valence-corrected chi connectivity index (χ0v) is 9.79. The lowest BCUT2D eigenvalue weighted by Crippen LogP contribution is -2.36. The van der Waals surface area contributed by atoms with Gasteiger partial charge in [0, 0.05) is 11.2 Å². The van der Waals surface area contributed by atoms with Crippen LogP contribution >= 0.6 is 0 Å². The molecule has 0 atom stereocenters. The van der Waals surface area contributed by atoms with Crippen LogP contribution in [0.15, 0.2) is 24.3 Å². The minimum Gasteiger partial charge on any atom is -0.399 e. The second-order valence-electron chi connectivity index (χ2n) is 4.28. The first-order valence-corrected chi connectivity index (χ1v) is 5.77. The molecule has 0 unspecified atom stereocenters. The van der Waals surface area contributed by atoms with Gasteiger partial charge in [0.15, 0.2) is 0 Å². The van der Waals surface area contributed by atoms with Crippen molar-refractivity contribution in [2.24, 2.45) is 5.73 Å². The third-order valence-corrected chi connectivity index (χ3v) is 2.88. The first kappa shape index (κ1) is 12.1. The highest BCUT2D eigenvalue weighted by Crippen LogP contribution is 2.29. The summed E-state index contributed by atoms with van der Waals surface area (Å²) in [6, 6.07) is 7.98. The average molecular weight is 206 g/mol. The van der Waals surface area contributed by atoms with Crippen LogP contribution in [0.3, 0.4) is 0 Å². The van der Waals surface area contributed by atoms with Crippen LogP contribution in [0.1, 0.15) is 45.1 Å². The molecular formula is C13H22N2. The Morgan fingerprint density at radius 3 is 1.87 bits per heavy atom. The van der Waals surface area contributed by atoms with E-state index < -0.39 is 0 Å². The molecule has 0 heterocycles. The van der Waals surface area contributed by atoms with Crippen LogP contribution in [-0.4, -0.2) is 0 Å². The SMILES string of the molecule is CCCC(N)(CCC)c1ccc(N)cc1. The molecule has 0 aliphatic heterocycles. The van der Waals surface area contributed by atoms with Crippen molar-refractivity contribution in [3.8, 4) is 0 Å². The van der Waals surface area contributed by atoms with Crippen molar-refractivity contribution in [2.75, 3.05) is 5.73 Å². The van der Waals surface area contributed by atoms with Gasteiger partial charge in [-0.25, -0.2) is 0 Å². The van der Waals surface area contributed by atoms with Gasteiger partial charge >= 0.3 is 0 Å². The smallest absolute Gasteiger partial charge is 0.0409 e. The van der Waals surface area contributed by atoms with Crippen LogP contribution in [0.5, 0.6) is 0 Å². The summed E-state index contributed by atoms with van der Waals surface area (Å²) in [5, 5.41) is 0. The van der Waals surface area contributed by atoms with Gasteiger partial charge < -0.3 is 11.5 Å². The number of hydrogen-bond acceptors (Lipinski definition) is 2. The van der Waals surface area contributed by atoms with Crippen LogP contribution in [0.2, 0.25) is 0 Å². The molecule has 0 aromatic heterocycles. The third kappa shape index (κ3) is 2.96. The predicted octanol–water partition coefficient (Wildman–Crippen LogP) is 3.02. The van der Waals surface area contributed by atoms with E-state index in [0.29, 0.717) is 0 Å². The number of nitrogens with two attached hydrogens (primary N) is 2. The van der Waals surface area contributed by atoms with Crippen molar-refractivity contribution in [3.63, 3.8) is 0 Å². The first-order valence-electron chi connectivity index (χ1n) is 5.77. The summed E-state index contributed by atoms with van der Waals surface area (Å²) in [6.07, 6.45) is 4.29. The Kier molecular flexibility index (Phi) is 4.15. The molecule has 2 heteroatoms. The minimum atomic E-state index is -0.169. The van der Waals surface area contributed by atoms with Gasteiger partial charge in [-0.2, -0.15) is 0 Å². The lowest BCUT2D eigenvalue weighted by Gasteiger charge is -2.29. The van der Waals surface area contributed by atoms with E-state index in [1.165, 1.54) is 5.56 Å². The zero-order chi connectivity index (χ0) is 11.3. The molecule has 2 nitrogen and oxygen atoms in total. The number of hydrogen-bond donors (Lipinski definition) is 2. The molecule has 15 heavy (non-hydrogen) atoms. The Morgan fingerprint density at radius 2 is 1.47 bits per heavy atom. The summed E-state index contributed by atoms with van der Waals surface area (Å²) in [6.45, 7) is 4.35. The van der Waals surface area contributed by atoms with Crippen LogP contribution in [0, 0.1) is 0 Å². The van der Waals surface area contributed by atoms with Gasteiger partial charge in [0.1, 0.15) is 0 Å². The third-order valence-electron chi connectivity index (χ3n) is 2.88. The van der Waals surface area contributed by atoms with Crippen LogP contribution in [0.25, 0.3) is 0 Å². The van der Waals surface area contributed by atoms with Gasteiger partial charge in [-0.15, -0.1) is 0 Å². The molecule has 0 spiro atoms. The molecule has 0 radical (unpaired) electrons. The van der Waals surface area contributed by atoms with Crippen molar-refractivity contribution in [1.29, 1.82) is 0 Å². The molecule has 1 aromatic carbocycles. The maximum absolute atomic E-state index is 6.45. The predicted molar refractivity (Wildman–Crippen MR) is 66.5 cm³/mol. The molecule has 0 saturated heterocycles. The molecule has 0 amide bonds. The van der Waals surface area contributed by atoms with Crippen molar-refractivity contribution >= 4 is 5.69 Å². The second-order valence-corrected chi connectivity index (χ2v) is 4.28. The molecule has 1 rings (SSSR count). The van der Waals surface area contributed by atoms with E-state index in [1.807, 2.05) is 12.1 Å². The maximum atomic E-state index is 6.45. The fourth-order valence-electron chi connectivity index (χ4n) is 2.12. The lowest BCUT2D eigenvalue weighted by atomic mass is 9.83. The van der Waals surface area contributed by atoms with E-state index in [-0.39, 0.29) is 5.54 Å². The molecule has 0 saturated carbocycles. The second kappa shape index (κ2) is 5.17. The molecule has 0 aliphatic carbocycles. The van der Waals surface area contributed by atoms with Crippen molar-refractivity contribution in [1.82, 2.24) is 0 Å². The van der Waals surface area contributed by atoms with Gasteiger partial charge in [0.2, 0.25) is 0 Å². The van der Waals surface area contributed by atoms with Gasteiger partial charge in [-0.3, -0.25) is 0 Å². The molecule has 1 aromatic rings. The number of anilines is 1. The summed E-state index contributed by atoms with van der Waals surface area (Å²) in [5.74, 6) is 0. The first-order chi connectivity index (χ1) is 7.12. The summed E-state index contributed by atoms with van der Waals surface area (Å²) in [7, 11) is 0. The van der Waals surface area contributed by atoms with E-state index >= 15 is 0 Å². The fourth-order valence-corrected chi connectivity index (χ4v) is 2.12. The van der Waals surface area contributed by atoms with Gasteiger partial charge in [-0.1, -0.05) is 38.8 Å². The Labute approximate surface area is 92.7 Å². The van der Waals surface area contributed by atoms with Crippen molar-refractivity contribution < 1.29 is 0 Å². The van der Waals surface area contributed by atoms with Gasteiger partial charge in [0.05, 0.1) is 0 Å². The van der Waals surface area contributed by atoms with E-state index in [9.17, 15) is 0 Å². The summed E-state index contributed by atoms with van der Waals surface area (Å²) >= 11 is 0. The Bertz CT molecular complexity index is 284. The van der Waals surface area contributed by atoms with Gasteiger partial charge in [0.25, 0.3) is 0 Å². The van der Waals surface area contributed by atoms with Gasteiger partial charge in [-0.05, 0) is 30.5 Å². The van der Waals surface area contributed by atoms with E-state index in [2.05, 4.69) is 26.0 Å². The number of nitrogen functional groups attached to an aromatic ring is 1. The Balaban J connectivity index is 2.92. The molecule has 84 valence electrons. The quantitative estimate of drug-likeness (QED) is 0.728. The highest BCUT2D eigenvalue weighted by molar-refractivity contribution is 5.41. The normalized spacial score (nSPS) is 11.7. The topological polar surface area (TPSA) is 52.0 Å². The zero-order valence-electron chi connectivity index (χ0n) is 9.79.